The minimum atomic E-state index is -0.743. The number of benzene rings is 2. The molecule has 0 saturated heterocycles. The molecule has 0 unspecified atom stereocenters. The first-order valence-corrected chi connectivity index (χ1v) is 9.30. The molecule has 154 valence electrons. The van der Waals surface area contributed by atoms with E-state index in [-0.39, 0.29) is 11.8 Å². The van der Waals surface area contributed by atoms with Gasteiger partial charge in [-0.25, -0.2) is 4.79 Å². The molecule has 7 heteroatoms. The third kappa shape index (κ3) is 7.38. The van der Waals surface area contributed by atoms with E-state index in [2.05, 4.69) is 10.6 Å². The largest absolute Gasteiger partial charge is 0.456 e. The van der Waals surface area contributed by atoms with E-state index in [1.807, 2.05) is 12.1 Å². The lowest BCUT2D eigenvalue weighted by Gasteiger charge is -2.19. The number of amides is 2. The molecule has 0 bridgehead atoms. The van der Waals surface area contributed by atoms with Crippen molar-refractivity contribution in [2.45, 2.75) is 45.8 Å². The molecular formula is C22H27N3O4. The molecule has 2 aromatic rings. The summed E-state index contributed by atoms with van der Waals surface area (Å²) in [5, 5.41) is 5.42. The van der Waals surface area contributed by atoms with Gasteiger partial charge in [-0.15, -0.1) is 0 Å². The molecule has 0 radical (unpaired) electrons. The second-order valence-corrected chi connectivity index (χ2v) is 7.76. The van der Waals surface area contributed by atoms with E-state index in [1.165, 1.54) is 6.92 Å². The number of carbonyl (C=O) groups excluding carboxylic acids is 3. The van der Waals surface area contributed by atoms with Gasteiger partial charge in [-0.3, -0.25) is 9.59 Å². The van der Waals surface area contributed by atoms with Gasteiger partial charge in [0.1, 0.15) is 5.60 Å². The first kappa shape index (κ1) is 22.1. The molecule has 0 aromatic heterocycles. The van der Waals surface area contributed by atoms with Crippen molar-refractivity contribution in [3.63, 3.8) is 0 Å². The lowest BCUT2D eigenvalue weighted by molar-refractivity contribution is -0.117. The summed E-state index contributed by atoms with van der Waals surface area (Å²) >= 11 is 0. The minimum Gasteiger partial charge on any atom is -0.456 e. The predicted molar refractivity (Wildman–Crippen MR) is 113 cm³/mol. The quantitative estimate of drug-likeness (QED) is 0.649. The number of hydrogen-bond acceptors (Lipinski definition) is 5. The van der Waals surface area contributed by atoms with E-state index in [0.717, 1.165) is 5.56 Å². The lowest BCUT2D eigenvalue weighted by Crippen LogP contribution is -2.37. The Morgan fingerprint density at radius 1 is 0.931 bits per heavy atom. The highest BCUT2D eigenvalue weighted by Gasteiger charge is 2.18. The highest BCUT2D eigenvalue weighted by atomic mass is 16.6. The van der Waals surface area contributed by atoms with Crippen molar-refractivity contribution in [3.05, 3.63) is 59.7 Å². The van der Waals surface area contributed by atoms with E-state index in [4.69, 9.17) is 10.5 Å². The molecular weight excluding hydrogens is 370 g/mol. The van der Waals surface area contributed by atoms with Crippen LogP contribution in [0, 0.1) is 0 Å². The summed E-state index contributed by atoms with van der Waals surface area (Å²) < 4.78 is 5.31. The molecule has 0 aliphatic heterocycles. The summed E-state index contributed by atoms with van der Waals surface area (Å²) in [6.07, 6.45) is 0.349. The normalized spacial score (nSPS) is 12.0. The number of carbonyl (C=O) groups is 3. The van der Waals surface area contributed by atoms with Crippen LogP contribution in [-0.2, 0) is 20.7 Å². The Morgan fingerprint density at radius 2 is 1.45 bits per heavy atom. The molecule has 0 aliphatic carbocycles. The van der Waals surface area contributed by atoms with Crippen molar-refractivity contribution in [2.75, 3.05) is 10.6 Å². The zero-order chi connectivity index (χ0) is 21.6. The maximum absolute atomic E-state index is 12.4. The Hall–Kier alpha value is -3.19. The van der Waals surface area contributed by atoms with E-state index < -0.39 is 17.6 Å². The lowest BCUT2D eigenvalue weighted by atomic mass is 10.1. The van der Waals surface area contributed by atoms with E-state index in [1.54, 1.807) is 57.2 Å². The van der Waals surface area contributed by atoms with Crippen molar-refractivity contribution in [2.24, 2.45) is 5.73 Å². The maximum atomic E-state index is 12.4. The fourth-order valence-corrected chi connectivity index (χ4v) is 2.54. The van der Waals surface area contributed by atoms with Gasteiger partial charge >= 0.3 is 5.97 Å². The number of hydrogen-bond donors (Lipinski definition) is 3. The van der Waals surface area contributed by atoms with Crippen LogP contribution in [0.1, 0.15) is 43.6 Å². The molecule has 7 nitrogen and oxygen atoms in total. The Kier molecular flexibility index (Phi) is 7.12. The van der Waals surface area contributed by atoms with Crippen LogP contribution in [0.25, 0.3) is 0 Å². The van der Waals surface area contributed by atoms with Crippen molar-refractivity contribution in [3.8, 4) is 0 Å². The van der Waals surface area contributed by atoms with Crippen LogP contribution in [0.4, 0.5) is 11.4 Å². The van der Waals surface area contributed by atoms with Crippen molar-refractivity contribution in [1.29, 1.82) is 0 Å². The Labute approximate surface area is 170 Å². The van der Waals surface area contributed by atoms with Crippen molar-refractivity contribution in [1.82, 2.24) is 0 Å². The number of esters is 1. The Bertz CT molecular complexity index is 868. The topological polar surface area (TPSA) is 111 Å². The molecule has 2 aromatic carbocycles. The molecule has 2 amide bonds. The van der Waals surface area contributed by atoms with Crippen LogP contribution in [0.3, 0.4) is 0 Å². The molecule has 4 N–H and O–H groups in total. The minimum absolute atomic E-state index is 0.147. The number of nitrogens with two attached hydrogens (primary N) is 1. The summed E-state index contributed by atoms with van der Waals surface area (Å²) in [5.41, 5.74) is 7.94. The second kappa shape index (κ2) is 9.34. The van der Waals surface area contributed by atoms with E-state index in [0.29, 0.717) is 23.4 Å². The van der Waals surface area contributed by atoms with Gasteiger partial charge in [0.2, 0.25) is 11.8 Å². The van der Waals surface area contributed by atoms with Gasteiger partial charge < -0.3 is 21.1 Å². The monoisotopic (exact) mass is 397 g/mol. The van der Waals surface area contributed by atoms with Gasteiger partial charge in [-0.1, -0.05) is 12.1 Å². The number of nitrogens with one attached hydrogen (secondary N) is 2. The first-order chi connectivity index (χ1) is 13.5. The highest BCUT2D eigenvalue weighted by molar-refractivity contribution is 5.96. The van der Waals surface area contributed by atoms with Crippen LogP contribution < -0.4 is 16.4 Å². The average molecular weight is 397 g/mol. The molecule has 0 spiro atoms. The Morgan fingerprint density at radius 3 is 1.97 bits per heavy atom. The molecule has 0 aliphatic rings. The standard InChI is InChI=1S/C22H27N3O4/c1-14(26)24-17-9-5-15(6-10-17)13-19(23)20(27)25-18-11-7-16(8-12-18)21(28)29-22(2,3)4/h5-12,19H,13,23H2,1-4H3,(H,24,26)(H,25,27)/t19-/m0/s1. The predicted octanol–water partition coefficient (Wildman–Crippen LogP) is 3.11. The maximum Gasteiger partial charge on any atom is 0.338 e. The summed E-state index contributed by atoms with van der Waals surface area (Å²) in [6.45, 7) is 6.84. The van der Waals surface area contributed by atoms with E-state index >= 15 is 0 Å². The highest BCUT2D eigenvalue weighted by Crippen LogP contribution is 2.16. The van der Waals surface area contributed by atoms with Crippen LogP contribution >= 0.6 is 0 Å². The second-order valence-electron chi connectivity index (χ2n) is 7.76. The van der Waals surface area contributed by atoms with Gasteiger partial charge in [-0.2, -0.15) is 0 Å². The summed E-state index contributed by atoms with van der Waals surface area (Å²) in [7, 11) is 0. The smallest absolute Gasteiger partial charge is 0.338 e. The zero-order valence-electron chi connectivity index (χ0n) is 17.1. The average Bonchev–Trinajstić information content (AvgIpc) is 2.62. The third-order valence-corrected chi connectivity index (χ3v) is 3.85. The van der Waals surface area contributed by atoms with Crippen LogP contribution in [0.15, 0.2) is 48.5 Å². The van der Waals surface area contributed by atoms with Crippen LogP contribution in [0.5, 0.6) is 0 Å². The van der Waals surface area contributed by atoms with Crippen molar-refractivity contribution >= 4 is 29.2 Å². The summed E-state index contributed by atoms with van der Waals surface area (Å²) in [5.74, 6) is -0.901. The van der Waals surface area contributed by atoms with Crippen LogP contribution in [0.2, 0.25) is 0 Å². The van der Waals surface area contributed by atoms with Gasteiger partial charge in [-0.05, 0) is 69.2 Å². The fraction of sp³-hybridized carbons (Fsp3) is 0.318. The van der Waals surface area contributed by atoms with Gasteiger partial charge in [0.15, 0.2) is 0 Å². The third-order valence-electron chi connectivity index (χ3n) is 3.85. The van der Waals surface area contributed by atoms with Crippen LogP contribution in [-0.4, -0.2) is 29.4 Å². The molecule has 1 atom stereocenters. The molecule has 0 heterocycles. The number of rotatable bonds is 6. The van der Waals surface area contributed by atoms with Crippen molar-refractivity contribution < 1.29 is 19.1 Å². The molecule has 2 rings (SSSR count). The fourth-order valence-electron chi connectivity index (χ4n) is 2.54. The summed E-state index contributed by atoms with van der Waals surface area (Å²) in [6, 6.07) is 12.9. The number of ether oxygens (including phenoxy) is 1. The first-order valence-electron chi connectivity index (χ1n) is 9.30. The number of anilines is 2. The van der Waals surface area contributed by atoms with E-state index in [9.17, 15) is 14.4 Å². The van der Waals surface area contributed by atoms with Gasteiger partial charge in [0.05, 0.1) is 11.6 Å². The molecule has 0 fully saturated rings. The SMILES string of the molecule is CC(=O)Nc1ccc(C[C@H](N)C(=O)Nc2ccc(C(=O)OC(C)(C)C)cc2)cc1. The summed E-state index contributed by atoms with van der Waals surface area (Å²) in [4.78, 5) is 35.4. The Balaban J connectivity index is 1.92. The molecule has 29 heavy (non-hydrogen) atoms. The van der Waals surface area contributed by atoms with Gasteiger partial charge in [0, 0.05) is 18.3 Å². The molecule has 0 saturated carbocycles. The zero-order valence-corrected chi connectivity index (χ0v) is 17.1. The van der Waals surface area contributed by atoms with Gasteiger partial charge in [0.25, 0.3) is 0 Å².